The van der Waals surface area contributed by atoms with E-state index in [0.717, 1.165) is 16.3 Å². The molecule has 0 unspecified atom stereocenters. The van der Waals surface area contributed by atoms with Crippen molar-refractivity contribution < 1.29 is 19.5 Å². The standard InChI is InChI=1S/C23H21N5O4/c24-28-26-14-20(12-21(29)30)27-23(32)17-7-5-15(6-8-17)13-25-22(31)19-10-9-16-3-1-2-4-18(16)11-19/h1-11,20H,12-14H2,(H,25,31)(H,27,32)(H,29,30)/t20-/m0/s1. The molecule has 0 fully saturated rings. The average molecular weight is 431 g/mol. The molecule has 3 aromatic rings. The average Bonchev–Trinajstić information content (AvgIpc) is 2.80. The van der Waals surface area contributed by atoms with Crippen LogP contribution in [0.4, 0.5) is 0 Å². The van der Waals surface area contributed by atoms with E-state index < -0.39 is 17.9 Å². The lowest BCUT2D eigenvalue weighted by atomic mass is 10.1. The summed E-state index contributed by atoms with van der Waals surface area (Å²) >= 11 is 0. The Kier molecular flexibility index (Phi) is 7.40. The summed E-state index contributed by atoms with van der Waals surface area (Å²) in [6.45, 7) is 0.125. The zero-order valence-corrected chi connectivity index (χ0v) is 17.1. The number of carbonyl (C=O) groups is 3. The van der Waals surface area contributed by atoms with E-state index >= 15 is 0 Å². The van der Waals surface area contributed by atoms with Gasteiger partial charge >= 0.3 is 5.97 Å². The van der Waals surface area contributed by atoms with Crippen molar-refractivity contribution in [3.05, 3.63) is 93.9 Å². The number of carboxylic acid groups (broad SMARTS) is 1. The van der Waals surface area contributed by atoms with Crippen molar-refractivity contribution in [1.82, 2.24) is 10.6 Å². The lowest BCUT2D eigenvalue weighted by molar-refractivity contribution is -0.137. The van der Waals surface area contributed by atoms with Crippen LogP contribution in [0.15, 0.2) is 71.8 Å². The molecule has 3 N–H and O–H groups in total. The van der Waals surface area contributed by atoms with Gasteiger partial charge in [0.1, 0.15) is 0 Å². The van der Waals surface area contributed by atoms with Gasteiger partial charge in [-0.15, -0.1) is 0 Å². The smallest absolute Gasteiger partial charge is 0.305 e. The van der Waals surface area contributed by atoms with E-state index in [1.165, 1.54) is 0 Å². The fourth-order valence-corrected chi connectivity index (χ4v) is 3.16. The van der Waals surface area contributed by atoms with Crippen LogP contribution in [0.5, 0.6) is 0 Å². The Bertz CT molecular complexity index is 1180. The molecule has 0 heterocycles. The Morgan fingerprint density at radius 2 is 1.62 bits per heavy atom. The number of azide groups is 1. The van der Waals surface area contributed by atoms with Crippen molar-refractivity contribution in [1.29, 1.82) is 0 Å². The summed E-state index contributed by atoms with van der Waals surface area (Å²) in [5.74, 6) is -1.79. The zero-order chi connectivity index (χ0) is 22.9. The first-order valence-corrected chi connectivity index (χ1v) is 9.85. The van der Waals surface area contributed by atoms with Crippen molar-refractivity contribution in [2.24, 2.45) is 5.11 Å². The zero-order valence-electron chi connectivity index (χ0n) is 17.1. The SMILES string of the molecule is [N-]=[N+]=NC[C@H](CC(=O)O)NC(=O)c1ccc(CNC(=O)c2ccc3ccccc3c2)cc1. The van der Waals surface area contributed by atoms with E-state index in [2.05, 4.69) is 20.7 Å². The quantitative estimate of drug-likeness (QED) is 0.270. The number of aliphatic carboxylic acids is 1. The van der Waals surface area contributed by atoms with Crippen LogP contribution in [0, 0.1) is 0 Å². The lowest BCUT2D eigenvalue weighted by Gasteiger charge is -2.14. The number of benzene rings is 3. The molecule has 0 bridgehead atoms. The summed E-state index contributed by atoms with van der Waals surface area (Å²) in [5.41, 5.74) is 10.1. The van der Waals surface area contributed by atoms with Gasteiger partial charge in [0.05, 0.1) is 6.42 Å². The second-order valence-corrected chi connectivity index (χ2v) is 7.12. The number of hydrogen-bond acceptors (Lipinski definition) is 4. The minimum atomic E-state index is -1.11. The molecule has 0 saturated carbocycles. The van der Waals surface area contributed by atoms with E-state index in [9.17, 15) is 14.4 Å². The third-order valence-electron chi connectivity index (χ3n) is 4.80. The number of carbonyl (C=O) groups excluding carboxylic acids is 2. The Labute approximate surface area is 183 Å². The lowest BCUT2D eigenvalue weighted by Crippen LogP contribution is -2.38. The summed E-state index contributed by atoms with van der Waals surface area (Å²) < 4.78 is 0. The third kappa shape index (κ3) is 6.07. The van der Waals surface area contributed by atoms with Gasteiger partial charge < -0.3 is 15.7 Å². The van der Waals surface area contributed by atoms with Crippen LogP contribution in [0.1, 0.15) is 32.7 Å². The van der Waals surface area contributed by atoms with Crippen LogP contribution in [-0.2, 0) is 11.3 Å². The Balaban J connectivity index is 1.58. The minimum absolute atomic E-state index is 0.159. The van der Waals surface area contributed by atoms with E-state index in [0.29, 0.717) is 11.1 Å². The first-order chi connectivity index (χ1) is 15.5. The van der Waals surface area contributed by atoms with Crippen LogP contribution in [0.2, 0.25) is 0 Å². The highest BCUT2D eigenvalue weighted by atomic mass is 16.4. The molecule has 0 saturated heterocycles. The molecular formula is C23H21N5O4. The van der Waals surface area contributed by atoms with Crippen molar-refractivity contribution in [2.45, 2.75) is 19.0 Å². The highest BCUT2D eigenvalue weighted by Gasteiger charge is 2.16. The van der Waals surface area contributed by atoms with Crippen LogP contribution >= 0.6 is 0 Å². The monoisotopic (exact) mass is 431 g/mol. The maximum Gasteiger partial charge on any atom is 0.305 e. The van der Waals surface area contributed by atoms with Gasteiger partial charge in [-0.1, -0.05) is 47.6 Å². The number of carboxylic acids is 1. The molecule has 3 rings (SSSR count). The van der Waals surface area contributed by atoms with Gasteiger partial charge in [-0.2, -0.15) is 0 Å². The fraction of sp³-hybridized carbons (Fsp3) is 0.174. The highest BCUT2D eigenvalue weighted by Crippen LogP contribution is 2.15. The molecule has 2 amide bonds. The number of nitrogens with zero attached hydrogens (tertiary/aromatic N) is 3. The van der Waals surface area contributed by atoms with Gasteiger partial charge in [0.15, 0.2) is 0 Å². The number of rotatable bonds is 9. The molecule has 0 radical (unpaired) electrons. The number of fused-ring (bicyclic) bond motifs is 1. The first kappa shape index (κ1) is 22.3. The second kappa shape index (κ2) is 10.6. The van der Waals surface area contributed by atoms with Crippen molar-refractivity contribution >= 4 is 28.6 Å². The molecule has 1 atom stereocenters. The molecule has 0 aliphatic rings. The molecule has 162 valence electrons. The summed E-state index contributed by atoms with van der Waals surface area (Å²) in [6.07, 6.45) is -0.357. The van der Waals surface area contributed by atoms with Gasteiger partial charge in [-0.05, 0) is 46.1 Å². The molecule has 32 heavy (non-hydrogen) atoms. The van der Waals surface area contributed by atoms with Crippen LogP contribution in [0.25, 0.3) is 21.2 Å². The topological polar surface area (TPSA) is 144 Å². The van der Waals surface area contributed by atoms with E-state index in [4.69, 9.17) is 10.6 Å². The Morgan fingerprint density at radius 1 is 0.938 bits per heavy atom. The fourth-order valence-electron chi connectivity index (χ4n) is 3.16. The maximum atomic E-state index is 12.5. The van der Waals surface area contributed by atoms with Gasteiger partial charge in [-0.3, -0.25) is 14.4 Å². The second-order valence-electron chi connectivity index (χ2n) is 7.12. The Hall–Kier alpha value is -4.36. The highest BCUT2D eigenvalue weighted by molar-refractivity contribution is 5.98. The van der Waals surface area contributed by atoms with E-state index in [1.54, 1.807) is 30.3 Å². The van der Waals surface area contributed by atoms with Crippen molar-refractivity contribution in [3.8, 4) is 0 Å². The molecule has 9 heteroatoms. The summed E-state index contributed by atoms with van der Waals surface area (Å²) in [5, 5.41) is 19.7. The molecular weight excluding hydrogens is 410 g/mol. The molecule has 0 aliphatic heterocycles. The number of nitrogens with one attached hydrogen (secondary N) is 2. The van der Waals surface area contributed by atoms with Crippen LogP contribution in [0.3, 0.4) is 0 Å². The molecule has 3 aromatic carbocycles. The van der Waals surface area contributed by atoms with Gasteiger partial charge in [0.2, 0.25) is 0 Å². The third-order valence-corrected chi connectivity index (χ3v) is 4.80. The summed E-state index contributed by atoms with van der Waals surface area (Å²) in [4.78, 5) is 38.3. The van der Waals surface area contributed by atoms with Gasteiger partial charge in [-0.25, -0.2) is 0 Å². The number of hydrogen-bond donors (Lipinski definition) is 3. The van der Waals surface area contributed by atoms with Crippen LogP contribution < -0.4 is 10.6 Å². The predicted molar refractivity (Wildman–Crippen MR) is 119 cm³/mol. The van der Waals surface area contributed by atoms with Gasteiger partial charge in [0.25, 0.3) is 11.8 Å². The van der Waals surface area contributed by atoms with Crippen molar-refractivity contribution in [3.63, 3.8) is 0 Å². The molecule has 0 aliphatic carbocycles. The van der Waals surface area contributed by atoms with Gasteiger partial charge in [0, 0.05) is 35.2 Å². The minimum Gasteiger partial charge on any atom is -0.481 e. The number of amides is 2. The predicted octanol–water partition coefficient (Wildman–Crippen LogP) is 3.65. The summed E-state index contributed by atoms with van der Waals surface area (Å²) in [7, 11) is 0. The van der Waals surface area contributed by atoms with E-state index in [-0.39, 0.29) is 25.4 Å². The van der Waals surface area contributed by atoms with Crippen molar-refractivity contribution in [2.75, 3.05) is 6.54 Å². The molecule has 0 spiro atoms. The normalized spacial score (nSPS) is 11.2. The molecule has 9 nitrogen and oxygen atoms in total. The first-order valence-electron chi connectivity index (χ1n) is 9.85. The largest absolute Gasteiger partial charge is 0.481 e. The Morgan fingerprint density at radius 3 is 2.31 bits per heavy atom. The summed E-state index contributed by atoms with van der Waals surface area (Å²) in [6, 6.07) is 19.1. The molecule has 0 aromatic heterocycles. The van der Waals surface area contributed by atoms with E-state index in [1.807, 2.05) is 36.4 Å². The maximum absolute atomic E-state index is 12.5. The van der Waals surface area contributed by atoms with Crippen LogP contribution in [-0.4, -0.2) is 35.5 Å².